The van der Waals surface area contributed by atoms with Gasteiger partial charge in [-0.1, -0.05) is 12.8 Å². The van der Waals surface area contributed by atoms with Gasteiger partial charge in [-0.3, -0.25) is 9.79 Å². The third-order valence-electron chi connectivity index (χ3n) is 5.67. The van der Waals surface area contributed by atoms with E-state index in [0.717, 1.165) is 56.4 Å². The van der Waals surface area contributed by atoms with Crippen LogP contribution in [0.2, 0.25) is 0 Å². The molecule has 7 heteroatoms. The maximum absolute atomic E-state index is 12.2. The van der Waals surface area contributed by atoms with Crippen LogP contribution in [0.15, 0.2) is 17.1 Å². The van der Waals surface area contributed by atoms with Crippen molar-refractivity contribution in [1.82, 2.24) is 15.5 Å². The number of hydrogen-bond donors (Lipinski definition) is 2. The largest absolute Gasteiger partial charge is 0.493 e. The third-order valence-corrected chi connectivity index (χ3v) is 5.67. The summed E-state index contributed by atoms with van der Waals surface area (Å²) >= 11 is 0. The zero-order chi connectivity index (χ0) is 20.6. The smallest absolute Gasteiger partial charge is 0.222 e. The highest BCUT2D eigenvalue weighted by Gasteiger charge is 2.22. The molecule has 0 unspecified atom stereocenters. The fourth-order valence-electron chi connectivity index (χ4n) is 4.12. The minimum atomic E-state index is 0.109. The Hall–Kier alpha value is -2.44. The molecule has 0 saturated heterocycles. The van der Waals surface area contributed by atoms with Gasteiger partial charge in [0.15, 0.2) is 17.5 Å². The Morgan fingerprint density at radius 2 is 1.86 bits per heavy atom. The molecule has 29 heavy (non-hydrogen) atoms. The predicted molar refractivity (Wildman–Crippen MR) is 115 cm³/mol. The van der Waals surface area contributed by atoms with E-state index in [0.29, 0.717) is 19.0 Å². The van der Waals surface area contributed by atoms with Gasteiger partial charge in [0.1, 0.15) is 0 Å². The van der Waals surface area contributed by atoms with Gasteiger partial charge >= 0.3 is 0 Å². The van der Waals surface area contributed by atoms with Gasteiger partial charge in [0.25, 0.3) is 0 Å². The van der Waals surface area contributed by atoms with Gasteiger partial charge in [-0.05, 0) is 49.4 Å². The van der Waals surface area contributed by atoms with E-state index in [-0.39, 0.29) is 5.91 Å². The van der Waals surface area contributed by atoms with E-state index in [1.165, 1.54) is 24.0 Å². The number of amides is 1. The Labute approximate surface area is 173 Å². The summed E-state index contributed by atoms with van der Waals surface area (Å²) in [5.41, 5.74) is 2.50. The van der Waals surface area contributed by atoms with E-state index >= 15 is 0 Å². The molecule has 1 amide bonds. The number of aliphatic imine (C=N–C) groups is 1. The Kier molecular flexibility index (Phi) is 7.61. The van der Waals surface area contributed by atoms with Gasteiger partial charge in [-0.15, -0.1) is 0 Å². The average Bonchev–Trinajstić information content (AvgIpc) is 3.24. The lowest BCUT2D eigenvalue weighted by Gasteiger charge is -2.32. The molecule has 0 radical (unpaired) electrons. The first-order valence-electron chi connectivity index (χ1n) is 10.7. The van der Waals surface area contributed by atoms with Crippen LogP contribution in [0, 0.1) is 0 Å². The SMILES string of the molecule is CCNC(=NCCC(=O)NC1CCCC1)N1CCc2cc(OC)c(OC)cc2C1. The number of benzene rings is 1. The van der Waals surface area contributed by atoms with Crippen LogP contribution in [0.4, 0.5) is 0 Å². The molecule has 1 heterocycles. The van der Waals surface area contributed by atoms with Crippen molar-refractivity contribution in [3.05, 3.63) is 23.3 Å². The molecule has 0 bridgehead atoms. The van der Waals surface area contributed by atoms with Crippen molar-refractivity contribution in [1.29, 1.82) is 0 Å². The molecule has 1 aliphatic heterocycles. The Morgan fingerprint density at radius 1 is 1.17 bits per heavy atom. The summed E-state index contributed by atoms with van der Waals surface area (Å²) in [5, 5.41) is 6.50. The number of carbonyl (C=O) groups excluding carboxylic acids is 1. The quantitative estimate of drug-likeness (QED) is 0.541. The van der Waals surface area contributed by atoms with Gasteiger partial charge in [0.2, 0.25) is 5.91 Å². The maximum atomic E-state index is 12.2. The molecular formula is C22H34N4O3. The third kappa shape index (κ3) is 5.55. The molecule has 7 nitrogen and oxygen atoms in total. The van der Waals surface area contributed by atoms with Crippen molar-refractivity contribution in [3.8, 4) is 11.5 Å². The van der Waals surface area contributed by atoms with Crippen LogP contribution in [0.25, 0.3) is 0 Å². The normalized spacial score (nSPS) is 17.1. The minimum Gasteiger partial charge on any atom is -0.493 e. The molecule has 1 aromatic carbocycles. The number of fused-ring (bicyclic) bond motifs is 1. The summed E-state index contributed by atoms with van der Waals surface area (Å²) in [5.74, 6) is 2.49. The summed E-state index contributed by atoms with van der Waals surface area (Å²) in [6.45, 7) is 4.99. The molecule has 160 valence electrons. The predicted octanol–water partition coefficient (Wildman–Crippen LogP) is 2.48. The lowest BCUT2D eigenvalue weighted by molar-refractivity contribution is -0.121. The van der Waals surface area contributed by atoms with Crippen LogP contribution >= 0.6 is 0 Å². The number of hydrogen-bond acceptors (Lipinski definition) is 4. The van der Waals surface area contributed by atoms with Gasteiger partial charge in [0.05, 0.1) is 20.8 Å². The van der Waals surface area contributed by atoms with Crippen LogP contribution in [0.3, 0.4) is 0 Å². The van der Waals surface area contributed by atoms with Gasteiger partial charge in [-0.2, -0.15) is 0 Å². The van der Waals surface area contributed by atoms with Crippen molar-refractivity contribution in [2.45, 2.75) is 58.0 Å². The van der Waals surface area contributed by atoms with E-state index < -0.39 is 0 Å². The molecule has 1 saturated carbocycles. The summed E-state index contributed by atoms with van der Waals surface area (Å²) in [4.78, 5) is 19.1. The zero-order valence-corrected chi connectivity index (χ0v) is 17.9. The summed E-state index contributed by atoms with van der Waals surface area (Å²) < 4.78 is 10.9. The second-order valence-corrected chi connectivity index (χ2v) is 7.68. The first-order chi connectivity index (χ1) is 14.1. The highest BCUT2D eigenvalue weighted by Crippen LogP contribution is 2.33. The summed E-state index contributed by atoms with van der Waals surface area (Å²) in [6, 6.07) is 4.49. The number of guanidine groups is 1. The van der Waals surface area contributed by atoms with Crippen molar-refractivity contribution < 1.29 is 14.3 Å². The average molecular weight is 403 g/mol. The summed E-state index contributed by atoms with van der Waals surface area (Å²) in [7, 11) is 3.32. The van der Waals surface area contributed by atoms with Crippen LogP contribution in [0.5, 0.6) is 11.5 Å². The van der Waals surface area contributed by atoms with E-state index in [1.54, 1.807) is 14.2 Å². The zero-order valence-electron chi connectivity index (χ0n) is 17.9. The fourth-order valence-corrected chi connectivity index (χ4v) is 4.12. The van der Waals surface area contributed by atoms with E-state index in [9.17, 15) is 4.79 Å². The first kappa shape index (κ1) is 21.3. The monoisotopic (exact) mass is 402 g/mol. The van der Waals surface area contributed by atoms with Crippen LogP contribution in [0.1, 0.15) is 50.2 Å². The molecule has 0 aromatic heterocycles. The molecule has 0 spiro atoms. The van der Waals surface area contributed by atoms with Gasteiger partial charge in [-0.25, -0.2) is 0 Å². The maximum Gasteiger partial charge on any atom is 0.222 e. The van der Waals surface area contributed by atoms with Crippen LogP contribution in [-0.2, 0) is 17.8 Å². The van der Waals surface area contributed by atoms with Crippen LogP contribution < -0.4 is 20.1 Å². The number of nitrogens with one attached hydrogen (secondary N) is 2. The van der Waals surface area contributed by atoms with Crippen molar-refractivity contribution in [2.75, 3.05) is 33.9 Å². The topological polar surface area (TPSA) is 75.2 Å². The van der Waals surface area contributed by atoms with Gasteiger partial charge < -0.3 is 25.0 Å². The fraction of sp³-hybridized carbons (Fsp3) is 0.636. The molecule has 3 rings (SSSR count). The Bertz CT molecular complexity index is 729. The number of rotatable bonds is 7. The van der Waals surface area contributed by atoms with Gasteiger partial charge in [0, 0.05) is 32.1 Å². The highest BCUT2D eigenvalue weighted by molar-refractivity contribution is 5.81. The Balaban J connectivity index is 1.61. The molecule has 0 atom stereocenters. The lowest BCUT2D eigenvalue weighted by Crippen LogP contribution is -2.44. The first-order valence-corrected chi connectivity index (χ1v) is 10.7. The molecule has 2 N–H and O–H groups in total. The number of ether oxygens (including phenoxy) is 2. The van der Waals surface area contributed by atoms with E-state index in [2.05, 4.69) is 34.6 Å². The minimum absolute atomic E-state index is 0.109. The lowest BCUT2D eigenvalue weighted by atomic mass is 9.99. The molecule has 1 aliphatic carbocycles. The van der Waals surface area contributed by atoms with E-state index in [1.807, 2.05) is 0 Å². The summed E-state index contributed by atoms with van der Waals surface area (Å²) in [6.07, 6.45) is 6.02. The number of methoxy groups -OCH3 is 2. The number of carbonyl (C=O) groups is 1. The molecule has 1 aromatic rings. The second kappa shape index (κ2) is 10.4. The molecular weight excluding hydrogens is 368 g/mol. The standard InChI is InChI=1S/C22H34N4O3/c1-4-23-22(24-11-9-21(27)25-18-7-5-6-8-18)26-12-10-16-13-19(28-2)20(29-3)14-17(16)15-26/h13-14,18H,4-12,15H2,1-3H3,(H,23,24)(H,25,27). The van der Waals surface area contributed by atoms with Crippen LogP contribution in [-0.4, -0.2) is 56.7 Å². The molecule has 1 fully saturated rings. The number of nitrogens with zero attached hydrogens (tertiary/aromatic N) is 2. The second-order valence-electron chi connectivity index (χ2n) is 7.68. The van der Waals surface area contributed by atoms with Crippen molar-refractivity contribution in [3.63, 3.8) is 0 Å². The van der Waals surface area contributed by atoms with Crippen molar-refractivity contribution >= 4 is 11.9 Å². The molecule has 2 aliphatic rings. The van der Waals surface area contributed by atoms with Crippen molar-refractivity contribution in [2.24, 2.45) is 4.99 Å². The van der Waals surface area contributed by atoms with E-state index in [4.69, 9.17) is 14.5 Å². The highest BCUT2D eigenvalue weighted by atomic mass is 16.5. The Morgan fingerprint density at radius 3 is 2.52 bits per heavy atom.